The summed E-state index contributed by atoms with van der Waals surface area (Å²) >= 11 is 12.3. The second-order valence-electron chi connectivity index (χ2n) is 17.4. The molecule has 0 aliphatic carbocycles. The van der Waals surface area contributed by atoms with Crippen LogP contribution in [-0.4, -0.2) is 90.7 Å². The quantitative estimate of drug-likeness (QED) is 0.0352. The molecule has 8 aromatic rings. The van der Waals surface area contributed by atoms with Gasteiger partial charge in [0, 0.05) is 45.3 Å². The minimum Gasteiger partial charge on any atom is -0.493 e. The van der Waals surface area contributed by atoms with Gasteiger partial charge in [-0.1, -0.05) is 35.3 Å². The Morgan fingerprint density at radius 3 is 1.30 bits per heavy atom. The molecule has 430 valence electrons. The number of hydrogen-bond acceptors (Lipinski definition) is 13. The number of esters is 1. The Morgan fingerprint density at radius 2 is 0.938 bits per heavy atom. The maximum Gasteiger partial charge on any atom is 0.422 e. The molecule has 0 saturated carbocycles. The second kappa shape index (κ2) is 24.7. The Labute approximate surface area is 467 Å². The van der Waals surface area contributed by atoms with Gasteiger partial charge in [-0.15, -0.1) is 0 Å². The molecular formula is C53H46Cl2F6N4O14S2. The number of benzene rings is 6. The van der Waals surface area contributed by atoms with Crippen molar-refractivity contribution in [1.82, 2.24) is 9.97 Å². The van der Waals surface area contributed by atoms with Crippen molar-refractivity contribution in [3.63, 3.8) is 0 Å². The van der Waals surface area contributed by atoms with Crippen LogP contribution in [0.15, 0.2) is 119 Å². The van der Waals surface area contributed by atoms with E-state index in [9.17, 15) is 52.8 Å². The standard InChI is InChI=1S/C27H24ClF3N2O7S.C26H22ClF3N2O7S/c1-15-10-18-20(32-15)6-8-22(40-21-7-4-16(11-23(21)37-2)12-25(34)38-3)26(18)33-41(35,36)24-9-5-17(13-19(24)28)39-14-27(29,30)31;1-14-9-17-19(31-14)5-7-21(39-20-6-3-15(11-24(33)34)10-22(20)37-2)25(17)32-40(35,36)23-8-4-16(12-18(23)27)38-13-26(28,29)30/h4-11,13,32-33H,12,14H2,1-3H3;3-10,12,31-32H,11,13H2,1-2H3,(H,33,34). The smallest absolute Gasteiger partial charge is 0.422 e. The summed E-state index contributed by atoms with van der Waals surface area (Å²) in [7, 11) is -4.70. The molecule has 0 amide bonds. The van der Waals surface area contributed by atoms with Crippen LogP contribution in [-0.2, 0) is 47.2 Å². The average Bonchev–Trinajstić information content (AvgIpc) is 4.26. The fraction of sp³-hybridized carbons (Fsp3) is 0.208. The van der Waals surface area contributed by atoms with Gasteiger partial charge in [-0.3, -0.25) is 19.0 Å². The SMILES string of the molecule is COC(=O)Cc1ccc(Oc2ccc3[nH]c(C)cc3c2NS(=O)(=O)c2ccc(OCC(F)(F)F)cc2Cl)c(OC)c1.COc1cc(CC(=O)O)ccc1Oc1ccc2[nH]c(C)cc2c1NS(=O)(=O)c1ccc(OCC(F)(F)F)cc1Cl. The van der Waals surface area contributed by atoms with E-state index in [1.54, 1.807) is 62.4 Å². The number of fused-ring (bicyclic) bond motifs is 2. The molecule has 0 aliphatic heterocycles. The van der Waals surface area contributed by atoms with Crippen LogP contribution in [0.3, 0.4) is 0 Å². The largest absolute Gasteiger partial charge is 0.493 e. The Balaban J connectivity index is 0.000000234. The van der Waals surface area contributed by atoms with Gasteiger partial charge in [0.2, 0.25) is 0 Å². The number of halogens is 8. The molecule has 0 radical (unpaired) electrons. The van der Waals surface area contributed by atoms with Gasteiger partial charge in [0.1, 0.15) is 32.7 Å². The summed E-state index contributed by atoms with van der Waals surface area (Å²) in [6.07, 6.45) is -9.39. The number of aromatic nitrogens is 2. The number of nitrogens with one attached hydrogen (secondary N) is 4. The van der Waals surface area contributed by atoms with Crippen molar-refractivity contribution in [2.75, 3.05) is 44.0 Å². The van der Waals surface area contributed by atoms with Gasteiger partial charge < -0.3 is 48.2 Å². The molecule has 0 spiro atoms. The number of ether oxygens (including phenoxy) is 7. The number of aliphatic carboxylic acids is 1. The van der Waals surface area contributed by atoms with Gasteiger partial charge in [0.15, 0.2) is 47.7 Å². The lowest BCUT2D eigenvalue weighted by Crippen LogP contribution is -2.19. The third kappa shape index (κ3) is 15.6. The number of carboxylic acid groups (broad SMARTS) is 1. The number of anilines is 2. The number of aryl methyl sites for hydroxylation is 2. The number of aromatic amines is 2. The number of hydrogen-bond donors (Lipinski definition) is 5. The molecule has 28 heteroatoms. The van der Waals surface area contributed by atoms with E-state index in [2.05, 4.69) is 28.9 Å². The average molecular weight is 1210 g/mol. The van der Waals surface area contributed by atoms with Crippen molar-refractivity contribution >= 4 is 88.4 Å². The molecule has 0 bridgehead atoms. The van der Waals surface area contributed by atoms with Crippen molar-refractivity contribution in [1.29, 1.82) is 0 Å². The maximum absolute atomic E-state index is 13.5. The number of sulfonamides is 2. The minimum atomic E-state index is -4.58. The fourth-order valence-corrected chi connectivity index (χ4v) is 11.0. The van der Waals surface area contributed by atoms with E-state index in [0.29, 0.717) is 32.9 Å². The normalized spacial score (nSPS) is 11.8. The molecule has 0 unspecified atom stereocenters. The van der Waals surface area contributed by atoms with Crippen LogP contribution in [0.2, 0.25) is 10.0 Å². The molecule has 5 N–H and O–H groups in total. The van der Waals surface area contributed by atoms with E-state index in [0.717, 1.165) is 47.8 Å². The minimum absolute atomic E-state index is 0.00751. The summed E-state index contributed by atoms with van der Waals surface area (Å²) < 4.78 is 171. The molecule has 18 nitrogen and oxygen atoms in total. The second-order valence-corrected chi connectivity index (χ2v) is 21.5. The lowest BCUT2D eigenvalue weighted by atomic mass is 10.1. The van der Waals surface area contributed by atoms with E-state index < -0.39 is 67.3 Å². The van der Waals surface area contributed by atoms with Crippen LogP contribution >= 0.6 is 23.2 Å². The van der Waals surface area contributed by atoms with E-state index in [-0.39, 0.29) is 80.3 Å². The molecular weight excluding hydrogens is 1170 g/mol. The zero-order valence-electron chi connectivity index (χ0n) is 42.8. The Hall–Kier alpha value is -8.20. The first-order valence-electron chi connectivity index (χ1n) is 23.3. The molecule has 2 heterocycles. The first-order chi connectivity index (χ1) is 38.0. The predicted octanol–water partition coefficient (Wildman–Crippen LogP) is 12.7. The molecule has 0 fully saturated rings. The van der Waals surface area contributed by atoms with Gasteiger partial charge in [-0.25, -0.2) is 16.8 Å². The number of methoxy groups -OCH3 is 3. The van der Waals surface area contributed by atoms with Crippen molar-refractivity contribution in [3.8, 4) is 46.0 Å². The molecule has 0 saturated heterocycles. The van der Waals surface area contributed by atoms with Crippen LogP contribution in [0.5, 0.6) is 46.0 Å². The number of carbonyl (C=O) groups is 2. The number of carboxylic acids is 1. The highest BCUT2D eigenvalue weighted by Gasteiger charge is 2.31. The van der Waals surface area contributed by atoms with Gasteiger partial charge >= 0.3 is 24.3 Å². The summed E-state index contributed by atoms with van der Waals surface area (Å²) in [5, 5.41) is 9.30. The molecule has 81 heavy (non-hydrogen) atoms. The van der Waals surface area contributed by atoms with Crippen LogP contribution < -0.4 is 37.9 Å². The van der Waals surface area contributed by atoms with E-state index >= 15 is 0 Å². The van der Waals surface area contributed by atoms with E-state index in [1.807, 2.05) is 0 Å². The monoisotopic (exact) mass is 1210 g/mol. The van der Waals surface area contributed by atoms with Crippen molar-refractivity contribution in [2.24, 2.45) is 0 Å². The van der Waals surface area contributed by atoms with Gasteiger partial charge in [-0.2, -0.15) is 26.3 Å². The Bertz CT molecular complexity index is 3890. The summed E-state index contributed by atoms with van der Waals surface area (Å²) in [4.78, 5) is 28.2. The lowest BCUT2D eigenvalue weighted by molar-refractivity contribution is -0.154. The number of rotatable bonds is 20. The zero-order valence-corrected chi connectivity index (χ0v) is 46.0. The number of carbonyl (C=O) groups excluding carboxylic acids is 1. The Kier molecular flexibility index (Phi) is 18.4. The molecule has 2 aromatic heterocycles. The predicted molar refractivity (Wildman–Crippen MR) is 287 cm³/mol. The van der Waals surface area contributed by atoms with Crippen LogP contribution in [0, 0.1) is 13.8 Å². The Morgan fingerprint density at radius 1 is 0.543 bits per heavy atom. The number of H-pyrrole nitrogens is 2. The van der Waals surface area contributed by atoms with Crippen LogP contribution in [0.1, 0.15) is 22.5 Å². The summed E-state index contributed by atoms with van der Waals surface area (Å²) in [6, 6.07) is 25.4. The highest BCUT2D eigenvalue weighted by atomic mass is 35.5. The topological polar surface area (TPSA) is 243 Å². The van der Waals surface area contributed by atoms with Gasteiger partial charge in [-0.05, 0) is 110 Å². The van der Waals surface area contributed by atoms with E-state index in [1.165, 1.54) is 45.6 Å². The van der Waals surface area contributed by atoms with Crippen molar-refractivity contribution < 1.29 is 91.0 Å². The van der Waals surface area contributed by atoms with Crippen molar-refractivity contribution in [2.45, 2.75) is 48.8 Å². The summed E-state index contributed by atoms with van der Waals surface area (Å²) in [5.74, 6) is -0.859. The van der Waals surface area contributed by atoms with Gasteiger partial charge in [0.25, 0.3) is 20.0 Å². The van der Waals surface area contributed by atoms with Crippen LogP contribution in [0.25, 0.3) is 21.8 Å². The molecule has 8 rings (SSSR count). The molecule has 0 aliphatic rings. The van der Waals surface area contributed by atoms with Gasteiger partial charge in [0.05, 0.1) is 44.2 Å². The maximum atomic E-state index is 13.5. The molecule has 6 aromatic carbocycles. The first-order valence-corrected chi connectivity index (χ1v) is 27.0. The first kappa shape index (κ1) is 60.4. The van der Waals surface area contributed by atoms with E-state index in [4.69, 9.17) is 52.0 Å². The lowest BCUT2D eigenvalue weighted by Gasteiger charge is -2.17. The highest BCUT2D eigenvalue weighted by molar-refractivity contribution is 7.93. The summed E-state index contributed by atoms with van der Waals surface area (Å²) in [6.45, 7) is 0.443. The third-order valence-electron chi connectivity index (χ3n) is 11.3. The highest BCUT2D eigenvalue weighted by Crippen LogP contribution is 2.44. The fourth-order valence-electron chi connectivity index (χ4n) is 7.78. The summed E-state index contributed by atoms with van der Waals surface area (Å²) in [5.41, 5.74) is 3.86. The van der Waals surface area contributed by atoms with Crippen LogP contribution in [0.4, 0.5) is 37.7 Å². The zero-order chi connectivity index (χ0) is 59.2. The van der Waals surface area contributed by atoms with Crippen molar-refractivity contribution in [3.05, 3.63) is 142 Å². The number of alkyl halides is 6. The molecule has 0 atom stereocenters. The third-order valence-corrected chi connectivity index (χ3v) is 15.0.